The lowest BCUT2D eigenvalue weighted by Crippen LogP contribution is -2.50. The van der Waals surface area contributed by atoms with Crippen molar-refractivity contribution >= 4 is 5.91 Å². The standard InChI is InChI=1S/C12H22N2O2/c1-9-6-13-7-10(9)11(15)14-8-12(16-2)4-3-5-12/h9-10,13H,3-8H2,1-2H3,(H,14,15). The normalized spacial score (nSPS) is 32.1. The molecule has 2 unspecified atom stereocenters. The molecule has 2 fully saturated rings. The van der Waals surface area contributed by atoms with Gasteiger partial charge in [-0.3, -0.25) is 4.79 Å². The van der Waals surface area contributed by atoms with Crippen molar-refractivity contribution in [1.82, 2.24) is 10.6 Å². The fourth-order valence-electron chi connectivity index (χ4n) is 2.56. The highest BCUT2D eigenvalue weighted by Gasteiger charge is 2.38. The van der Waals surface area contributed by atoms with Gasteiger partial charge in [0.05, 0.1) is 11.5 Å². The van der Waals surface area contributed by atoms with Crippen LogP contribution in [0.25, 0.3) is 0 Å². The van der Waals surface area contributed by atoms with Gasteiger partial charge in [-0.1, -0.05) is 6.92 Å². The molecule has 0 bridgehead atoms. The average molecular weight is 226 g/mol. The zero-order valence-corrected chi connectivity index (χ0v) is 10.2. The highest BCUT2D eigenvalue weighted by Crippen LogP contribution is 2.34. The minimum absolute atomic E-state index is 0.0646. The first-order valence-electron chi connectivity index (χ1n) is 6.20. The molecule has 2 N–H and O–H groups in total. The Morgan fingerprint density at radius 2 is 2.25 bits per heavy atom. The van der Waals surface area contributed by atoms with Crippen LogP contribution in [-0.2, 0) is 9.53 Å². The maximum Gasteiger partial charge on any atom is 0.224 e. The highest BCUT2D eigenvalue weighted by molar-refractivity contribution is 5.79. The first-order valence-corrected chi connectivity index (χ1v) is 6.20. The first kappa shape index (κ1) is 11.9. The van der Waals surface area contributed by atoms with Crippen LogP contribution in [0.3, 0.4) is 0 Å². The van der Waals surface area contributed by atoms with E-state index in [0.717, 1.165) is 25.9 Å². The fraction of sp³-hybridized carbons (Fsp3) is 0.917. The summed E-state index contributed by atoms with van der Waals surface area (Å²) in [6, 6.07) is 0. The van der Waals surface area contributed by atoms with Crippen molar-refractivity contribution in [2.24, 2.45) is 11.8 Å². The summed E-state index contributed by atoms with van der Waals surface area (Å²) in [5.41, 5.74) is -0.0646. The van der Waals surface area contributed by atoms with Crippen LogP contribution < -0.4 is 10.6 Å². The molecule has 1 aliphatic heterocycles. The first-order chi connectivity index (χ1) is 7.67. The molecule has 1 heterocycles. The Morgan fingerprint density at radius 1 is 1.50 bits per heavy atom. The smallest absolute Gasteiger partial charge is 0.224 e. The van der Waals surface area contributed by atoms with Crippen molar-refractivity contribution < 1.29 is 9.53 Å². The topological polar surface area (TPSA) is 50.4 Å². The number of carbonyl (C=O) groups is 1. The second-order valence-corrected chi connectivity index (χ2v) is 5.20. The van der Waals surface area contributed by atoms with E-state index in [2.05, 4.69) is 17.6 Å². The molecule has 4 heteroatoms. The number of ether oxygens (including phenoxy) is 1. The molecule has 0 spiro atoms. The van der Waals surface area contributed by atoms with Crippen LogP contribution in [0.1, 0.15) is 26.2 Å². The molecule has 2 rings (SSSR count). The molecular weight excluding hydrogens is 204 g/mol. The molecule has 4 nitrogen and oxygen atoms in total. The third-order valence-electron chi connectivity index (χ3n) is 4.14. The van der Waals surface area contributed by atoms with Crippen LogP contribution in [0, 0.1) is 11.8 Å². The Balaban J connectivity index is 1.79. The van der Waals surface area contributed by atoms with E-state index < -0.39 is 0 Å². The molecule has 0 aromatic heterocycles. The fourth-order valence-corrected chi connectivity index (χ4v) is 2.56. The number of nitrogens with one attached hydrogen (secondary N) is 2. The quantitative estimate of drug-likeness (QED) is 0.735. The molecule has 1 aliphatic carbocycles. The van der Waals surface area contributed by atoms with E-state index in [4.69, 9.17) is 4.74 Å². The van der Waals surface area contributed by atoms with Gasteiger partial charge < -0.3 is 15.4 Å². The van der Waals surface area contributed by atoms with E-state index in [1.807, 2.05) is 0 Å². The lowest BCUT2D eigenvalue weighted by molar-refractivity contribution is -0.129. The van der Waals surface area contributed by atoms with Gasteiger partial charge in [-0.25, -0.2) is 0 Å². The van der Waals surface area contributed by atoms with Crippen molar-refractivity contribution in [2.45, 2.75) is 31.8 Å². The summed E-state index contributed by atoms with van der Waals surface area (Å²) in [5.74, 6) is 0.759. The number of hydrogen-bond acceptors (Lipinski definition) is 3. The Labute approximate surface area is 97.1 Å². The second kappa shape index (κ2) is 4.72. The Kier molecular flexibility index (Phi) is 3.50. The molecule has 16 heavy (non-hydrogen) atoms. The molecule has 1 amide bonds. The van der Waals surface area contributed by atoms with Crippen LogP contribution in [0.15, 0.2) is 0 Å². The van der Waals surface area contributed by atoms with Gasteiger partial charge >= 0.3 is 0 Å². The minimum atomic E-state index is -0.0646. The van der Waals surface area contributed by atoms with Gasteiger partial charge in [0, 0.05) is 20.2 Å². The van der Waals surface area contributed by atoms with Crippen LogP contribution in [-0.4, -0.2) is 38.3 Å². The zero-order valence-electron chi connectivity index (χ0n) is 10.2. The number of hydrogen-bond donors (Lipinski definition) is 2. The van der Waals surface area contributed by atoms with Gasteiger partial charge in [-0.05, 0) is 31.7 Å². The summed E-state index contributed by atoms with van der Waals surface area (Å²) in [7, 11) is 1.74. The monoisotopic (exact) mass is 226 g/mol. The highest BCUT2D eigenvalue weighted by atomic mass is 16.5. The van der Waals surface area contributed by atoms with Crippen molar-refractivity contribution in [1.29, 1.82) is 0 Å². The van der Waals surface area contributed by atoms with Crippen molar-refractivity contribution in [2.75, 3.05) is 26.7 Å². The molecule has 92 valence electrons. The third kappa shape index (κ3) is 2.23. The van der Waals surface area contributed by atoms with Gasteiger partial charge in [0.15, 0.2) is 0 Å². The third-order valence-corrected chi connectivity index (χ3v) is 4.14. The number of rotatable bonds is 4. The number of methoxy groups -OCH3 is 1. The van der Waals surface area contributed by atoms with Crippen molar-refractivity contribution in [3.8, 4) is 0 Å². The van der Waals surface area contributed by atoms with E-state index in [0.29, 0.717) is 12.5 Å². The lowest BCUT2D eigenvalue weighted by atomic mass is 9.80. The zero-order chi connectivity index (χ0) is 11.6. The number of amides is 1. The van der Waals surface area contributed by atoms with Crippen molar-refractivity contribution in [3.63, 3.8) is 0 Å². The van der Waals surface area contributed by atoms with Gasteiger partial charge in [-0.2, -0.15) is 0 Å². The second-order valence-electron chi connectivity index (χ2n) is 5.20. The predicted molar refractivity (Wildman–Crippen MR) is 62.1 cm³/mol. The van der Waals surface area contributed by atoms with Crippen LogP contribution >= 0.6 is 0 Å². The summed E-state index contributed by atoms with van der Waals surface area (Å²) < 4.78 is 5.48. The van der Waals surface area contributed by atoms with Gasteiger partial charge in [-0.15, -0.1) is 0 Å². The van der Waals surface area contributed by atoms with Crippen LogP contribution in [0.5, 0.6) is 0 Å². The molecule has 0 aromatic rings. The summed E-state index contributed by atoms with van der Waals surface area (Å²) in [4.78, 5) is 12.0. The molecule has 1 saturated carbocycles. The van der Waals surface area contributed by atoms with E-state index in [1.54, 1.807) is 7.11 Å². The SMILES string of the molecule is COC1(CNC(=O)C2CNCC2C)CCC1. The van der Waals surface area contributed by atoms with E-state index >= 15 is 0 Å². The summed E-state index contributed by atoms with van der Waals surface area (Å²) >= 11 is 0. The van der Waals surface area contributed by atoms with E-state index in [9.17, 15) is 4.79 Å². The van der Waals surface area contributed by atoms with Gasteiger partial charge in [0.1, 0.15) is 0 Å². The predicted octanol–water partition coefficient (Wildman–Crippen LogP) is 0.527. The summed E-state index contributed by atoms with van der Waals surface area (Å²) in [6.45, 7) is 4.56. The van der Waals surface area contributed by atoms with Crippen molar-refractivity contribution in [3.05, 3.63) is 0 Å². The molecular formula is C12H22N2O2. The maximum atomic E-state index is 12.0. The van der Waals surface area contributed by atoms with Gasteiger partial charge in [0.25, 0.3) is 0 Å². The Hall–Kier alpha value is -0.610. The van der Waals surface area contributed by atoms with E-state index in [1.165, 1.54) is 6.42 Å². The Bertz CT molecular complexity index is 258. The molecule has 1 saturated heterocycles. The van der Waals surface area contributed by atoms with E-state index in [-0.39, 0.29) is 17.4 Å². The average Bonchev–Trinajstić information content (AvgIpc) is 2.63. The minimum Gasteiger partial charge on any atom is -0.376 e. The molecule has 0 aromatic carbocycles. The molecule has 2 aliphatic rings. The summed E-state index contributed by atoms with van der Waals surface area (Å²) in [6.07, 6.45) is 3.36. The molecule has 0 radical (unpaired) electrons. The maximum absolute atomic E-state index is 12.0. The Morgan fingerprint density at radius 3 is 2.69 bits per heavy atom. The van der Waals surface area contributed by atoms with Gasteiger partial charge in [0.2, 0.25) is 5.91 Å². The largest absolute Gasteiger partial charge is 0.376 e. The lowest BCUT2D eigenvalue weighted by Gasteiger charge is -2.40. The molecule has 2 atom stereocenters. The summed E-state index contributed by atoms with van der Waals surface area (Å²) in [5, 5.41) is 6.29. The van der Waals surface area contributed by atoms with Crippen LogP contribution in [0.4, 0.5) is 0 Å². The van der Waals surface area contributed by atoms with Crippen LogP contribution in [0.2, 0.25) is 0 Å². The number of carbonyl (C=O) groups excluding carboxylic acids is 1.